The van der Waals surface area contributed by atoms with Crippen LogP contribution in [0.25, 0.3) is 0 Å². The summed E-state index contributed by atoms with van der Waals surface area (Å²) < 4.78 is 0. The number of hydrogen-bond donors (Lipinski definition) is 0. The molecule has 11 heavy (non-hydrogen) atoms. The van der Waals surface area contributed by atoms with Gasteiger partial charge in [-0.3, -0.25) is 0 Å². The normalized spacial score (nSPS) is 38.5. The molecular weight excluding hydrogens is 134 g/mol. The zero-order valence-corrected chi connectivity index (χ0v) is 7.71. The van der Waals surface area contributed by atoms with E-state index >= 15 is 0 Å². The highest BCUT2D eigenvalue weighted by Gasteiger charge is 2.33. The van der Waals surface area contributed by atoms with Crippen LogP contribution in [0.4, 0.5) is 0 Å². The van der Waals surface area contributed by atoms with Crippen molar-refractivity contribution >= 4 is 0 Å². The molecule has 0 N–H and O–H groups in total. The molecule has 0 amide bonds. The van der Waals surface area contributed by atoms with Gasteiger partial charge in [-0.2, -0.15) is 0 Å². The molecular formula is C10H19N. The maximum Gasteiger partial charge on any atom is 0.00388 e. The highest BCUT2D eigenvalue weighted by atomic mass is 15.2. The molecule has 0 aromatic carbocycles. The van der Waals surface area contributed by atoms with Crippen LogP contribution < -0.4 is 0 Å². The predicted molar refractivity (Wildman–Crippen MR) is 47.5 cm³/mol. The molecule has 64 valence electrons. The molecule has 2 bridgehead atoms. The number of fused-ring (bicyclic) bond motifs is 2. The summed E-state index contributed by atoms with van der Waals surface area (Å²) in [4.78, 5) is 2.66. The van der Waals surface area contributed by atoms with Crippen molar-refractivity contribution in [1.82, 2.24) is 4.90 Å². The van der Waals surface area contributed by atoms with Crippen LogP contribution in [0.1, 0.15) is 33.1 Å². The summed E-state index contributed by atoms with van der Waals surface area (Å²) in [6.07, 6.45) is 4.55. The predicted octanol–water partition coefficient (Wildman–Crippen LogP) is 2.13. The molecule has 1 heteroatoms. The molecule has 2 atom stereocenters. The molecule has 0 aromatic rings. The Morgan fingerprint density at radius 1 is 1.09 bits per heavy atom. The molecule has 0 radical (unpaired) electrons. The Kier molecular flexibility index (Phi) is 1.92. The van der Waals surface area contributed by atoms with E-state index in [0.717, 1.165) is 17.9 Å². The van der Waals surface area contributed by atoms with Crippen LogP contribution in [0, 0.1) is 11.8 Å². The molecule has 2 rings (SSSR count). The third kappa shape index (κ3) is 1.44. The van der Waals surface area contributed by atoms with Crippen LogP contribution in [0.2, 0.25) is 0 Å². The lowest BCUT2D eigenvalue weighted by atomic mass is 9.98. The summed E-state index contributed by atoms with van der Waals surface area (Å²) in [5.41, 5.74) is 0. The van der Waals surface area contributed by atoms with Gasteiger partial charge in [0, 0.05) is 19.1 Å². The van der Waals surface area contributed by atoms with E-state index in [2.05, 4.69) is 18.7 Å². The van der Waals surface area contributed by atoms with E-state index in [0.29, 0.717) is 0 Å². The summed E-state index contributed by atoms with van der Waals surface area (Å²) in [5.74, 6) is 2.10. The second-order valence-corrected chi connectivity index (χ2v) is 4.59. The van der Waals surface area contributed by atoms with E-state index < -0.39 is 0 Å². The quantitative estimate of drug-likeness (QED) is 0.558. The van der Waals surface area contributed by atoms with Crippen LogP contribution in [0.15, 0.2) is 0 Å². The minimum absolute atomic E-state index is 0.776. The number of likely N-dealkylation sites (tertiary alicyclic amines) is 1. The number of piperidine rings is 1. The average Bonchev–Trinajstić information content (AvgIpc) is 2.30. The number of rotatable bonds is 1. The summed E-state index contributed by atoms with van der Waals surface area (Å²) in [6.45, 7) is 7.41. The molecule has 1 aliphatic carbocycles. The van der Waals surface area contributed by atoms with E-state index in [4.69, 9.17) is 0 Å². The second-order valence-electron chi connectivity index (χ2n) is 4.59. The van der Waals surface area contributed by atoms with Gasteiger partial charge in [-0.05, 0) is 44.9 Å². The zero-order valence-electron chi connectivity index (χ0n) is 7.71. The fraction of sp³-hybridized carbons (Fsp3) is 1.00. The van der Waals surface area contributed by atoms with Gasteiger partial charge in [0.2, 0.25) is 0 Å². The molecule has 1 saturated carbocycles. The first-order valence-electron chi connectivity index (χ1n) is 4.99. The second kappa shape index (κ2) is 2.78. The van der Waals surface area contributed by atoms with Crippen LogP contribution in [-0.4, -0.2) is 24.0 Å². The highest BCUT2D eigenvalue weighted by Crippen LogP contribution is 2.36. The first-order valence-corrected chi connectivity index (χ1v) is 4.99. The third-order valence-corrected chi connectivity index (χ3v) is 3.37. The highest BCUT2D eigenvalue weighted by molar-refractivity contribution is 4.86. The van der Waals surface area contributed by atoms with Crippen LogP contribution in [-0.2, 0) is 0 Å². The van der Waals surface area contributed by atoms with Crippen LogP contribution in [0.5, 0.6) is 0 Å². The molecule has 2 unspecified atom stereocenters. The van der Waals surface area contributed by atoms with Gasteiger partial charge in [0.25, 0.3) is 0 Å². The monoisotopic (exact) mass is 153 g/mol. The largest absolute Gasteiger partial charge is 0.300 e. The Morgan fingerprint density at radius 3 is 2.09 bits per heavy atom. The van der Waals surface area contributed by atoms with E-state index in [-0.39, 0.29) is 0 Å². The van der Waals surface area contributed by atoms with Gasteiger partial charge < -0.3 is 4.90 Å². The van der Waals surface area contributed by atoms with Gasteiger partial charge in [0.15, 0.2) is 0 Å². The van der Waals surface area contributed by atoms with Gasteiger partial charge in [-0.15, -0.1) is 0 Å². The van der Waals surface area contributed by atoms with Gasteiger partial charge >= 0.3 is 0 Å². The van der Waals surface area contributed by atoms with E-state index in [1.54, 1.807) is 0 Å². The van der Waals surface area contributed by atoms with Crippen molar-refractivity contribution in [2.75, 3.05) is 13.1 Å². The van der Waals surface area contributed by atoms with Crippen LogP contribution >= 0.6 is 0 Å². The summed E-state index contributed by atoms with van der Waals surface area (Å²) in [6, 6.07) is 0.776. The molecule has 1 nitrogen and oxygen atoms in total. The summed E-state index contributed by atoms with van der Waals surface area (Å²) in [5, 5.41) is 0. The van der Waals surface area contributed by atoms with Gasteiger partial charge in [0.05, 0.1) is 0 Å². The van der Waals surface area contributed by atoms with Crippen molar-refractivity contribution in [3.63, 3.8) is 0 Å². The zero-order chi connectivity index (χ0) is 7.84. The van der Waals surface area contributed by atoms with Gasteiger partial charge in [0.1, 0.15) is 0 Å². The fourth-order valence-electron chi connectivity index (χ4n) is 2.67. The fourth-order valence-corrected chi connectivity index (χ4v) is 2.67. The van der Waals surface area contributed by atoms with Crippen molar-refractivity contribution < 1.29 is 0 Å². The SMILES string of the molecule is CC(C)N1CC2CCC(C2)C1. The molecule has 1 aliphatic heterocycles. The van der Waals surface area contributed by atoms with Crippen molar-refractivity contribution in [3.8, 4) is 0 Å². The lowest BCUT2D eigenvalue weighted by Gasteiger charge is -2.34. The van der Waals surface area contributed by atoms with Crippen molar-refractivity contribution in [1.29, 1.82) is 0 Å². The number of nitrogens with zero attached hydrogens (tertiary/aromatic N) is 1. The first-order chi connectivity index (χ1) is 5.25. The summed E-state index contributed by atoms with van der Waals surface area (Å²) >= 11 is 0. The molecule has 1 saturated heterocycles. The van der Waals surface area contributed by atoms with Crippen molar-refractivity contribution in [2.24, 2.45) is 11.8 Å². The minimum atomic E-state index is 0.776. The Balaban J connectivity index is 1.97. The van der Waals surface area contributed by atoms with E-state index in [9.17, 15) is 0 Å². The molecule has 2 fully saturated rings. The maximum atomic E-state index is 2.66. The Bertz CT molecular complexity index is 130. The Labute approximate surface area is 69.8 Å². The molecule has 2 aliphatic rings. The van der Waals surface area contributed by atoms with Gasteiger partial charge in [-0.25, -0.2) is 0 Å². The minimum Gasteiger partial charge on any atom is -0.300 e. The Morgan fingerprint density at radius 2 is 1.64 bits per heavy atom. The molecule has 1 heterocycles. The standard InChI is InChI=1S/C10H19N/c1-8(2)11-6-9-3-4-10(5-9)7-11/h8-10H,3-7H2,1-2H3. The lowest BCUT2D eigenvalue weighted by molar-refractivity contribution is 0.133. The average molecular weight is 153 g/mol. The maximum absolute atomic E-state index is 2.66. The van der Waals surface area contributed by atoms with Crippen LogP contribution in [0.3, 0.4) is 0 Å². The van der Waals surface area contributed by atoms with E-state index in [1.807, 2.05) is 0 Å². The van der Waals surface area contributed by atoms with Gasteiger partial charge in [-0.1, -0.05) is 0 Å². The third-order valence-electron chi connectivity index (χ3n) is 3.37. The smallest absolute Gasteiger partial charge is 0.00388 e. The summed E-state index contributed by atoms with van der Waals surface area (Å²) in [7, 11) is 0. The Hall–Kier alpha value is -0.0400. The van der Waals surface area contributed by atoms with Crippen molar-refractivity contribution in [2.45, 2.75) is 39.2 Å². The molecule has 0 spiro atoms. The molecule has 0 aromatic heterocycles. The number of hydrogen-bond acceptors (Lipinski definition) is 1. The lowest BCUT2D eigenvalue weighted by Crippen LogP contribution is -2.40. The first kappa shape index (κ1) is 7.60. The van der Waals surface area contributed by atoms with E-state index in [1.165, 1.54) is 32.4 Å². The topological polar surface area (TPSA) is 3.24 Å². The van der Waals surface area contributed by atoms with Crippen molar-refractivity contribution in [3.05, 3.63) is 0 Å².